The average molecular weight is 230 g/mol. The molecule has 0 unspecified atom stereocenters. The van der Waals surface area contributed by atoms with Crippen molar-refractivity contribution < 1.29 is 0 Å². The van der Waals surface area contributed by atoms with Crippen LogP contribution in [0.2, 0.25) is 0 Å². The van der Waals surface area contributed by atoms with Gasteiger partial charge in [-0.25, -0.2) is 4.98 Å². The van der Waals surface area contributed by atoms with Crippen molar-refractivity contribution in [1.82, 2.24) is 14.8 Å². The van der Waals surface area contributed by atoms with Crippen molar-refractivity contribution in [3.8, 4) is 10.6 Å². The quantitative estimate of drug-likeness (QED) is 0.697. The Bertz CT molecular complexity index is 620. The monoisotopic (exact) mass is 230 g/mol. The maximum Gasteiger partial charge on any atom is 0.155 e. The van der Waals surface area contributed by atoms with E-state index in [0.29, 0.717) is 5.82 Å². The third kappa shape index (κ3) is 1.37. The van der Waals surface area contributed by atoms with E-state index in [2.05, 4.69) is 16.1 Å². The van der Waals surface area contributed by atoms with E-state index in [0.717, 1.165) is 16.1 Å². The van der Waals surface area contributed by atoms with Crippen LogP contribution in [0.5, 0.6) is 0 Å². The van der Waals surface area contributed by atoms with Crippen molar-refractivity contribution in [3.63, 3.8) is 0 Å². The summed E-state index contributed by atoms with van der Waals surface area (Å²) in [6.07, 6.45) is 1.90. The van der Waals surface area contributed by atoms with E-state index in [1.807, 2.05) is 31.4 Å². The van der Waals surface area contributed by atoms with Crippen LogP contribution in [0, 0.1) is 0 Å². The van der Waals surface area contributed by atoms with Gasteiger partial charge >= 0.3 is 0 Å². The first-order valence-corrected chi connectivity index (χ1v) is 5.71. The number of hydrogen-bond acceptors (Lipinski definition) is 4. The van der Waals surface area contributed by atoms with Gasteiger partial charge < -0.3 is 5.73 Å². The van der Waals surface area contributed by atoms with Crippen molar-refractivity contribution in [2.75, 3.05) is 5.73 Å². The molecule has 2 heterocycles. The molecule has 1 aromatic carbocycles. The van der Waals surface area contributed by atoms with Gasteiger partial charge in [0.25, 0.3) is 0 Å². The van der Waals surface area contributed by atoms with Gasteiger partial charge in [0.05, 0.1) is 15.8 Å². The van der Waals surface area contributed by atoms with Crippen LogP contribution < -0.4 is 5.73 Å². The maximum absolute atomic E-state index is 5.83. The molecule has 0 bridgehead atoms. The second-order valence-corrected chi connectivity index (χ2v) is 4.62. The minimum absolute atomic E-state index is 0.529. The van der Waals surface area contributed by atoms with Gasteiger partial charge in [0.15, 0.2) is 5.82 Å². The summed E-state index contributed by atoms with van der Waals surface area (Å²) in [7, 11) is 1.85. The fourth-order valence-electron chi connectivity index (χ4n) is 1.66. The number of nitrogens with two attached hydrogens (primary N) is 1. The van der Waals surface area contributed by atoms with E-state index >= 15 is 0 Å². The molecule has 2 aromatic heterocycles. The highest BCUT2D eigenvalue weighted by Crippen LogP contribution is 2.32. The van der Waals surface area contributed by atoms with Gasteiger partial charge in [-0.1, -0.05) is 12.1 Å². The van der Waals surface area contributed by atoms with Crippen LogP contribution in [0.4, 0.5) is 5.82 Å². The van der Waals surface area contributed by atoms with Gasteiger partial charge in [0, 0.05) is 13.2 Å². The number of nitrogen functional groups attached to an aromatic ring is 1. The van der Waals surface area contributed by atoms with E-state index < -0.39 is 0 Å². The Balaban J connectivity index is 2.22. The predicted octanol–water partition coefficient (Wildman–Crippen LogP) is 2.28. The van der Waals surface area contributed by atoms with Crippen molar-refractivity contribution in [2.45, 2.75) is 0 Å². The minimum atomic E-state index is 0.529. The Morgan fingerprint density at radius 2 is 2.12 bits per heavy atom. The molecule has 0 atom stereocenters. The summed E-state index contributed by atoms with van der Waals surface area (Å²) in [5.41, 5.74) is 7.74. The number of benzene rings is 1. The van der Waals surface area contributed by atoms with Crippen LogP contribution >= 0.6 is 11.3 Å². The highest BCUT2D eigenvalue weighted by Gasteiger charge is 2.11. The van der Waals surface area contributed by atoms with E-state index in [9.17, 15) is 0 Å². The number of hydrogen-bond donors (Lipinski definition) is 1. The molecule has 0 saturated carbocycles. The second kappa shape index (κ2) is 3.31. The van der Waals surface area contributed by atoms with Crippen LogP contribution in [0.1, 0.15) is 0 Å². The molecule has 0 aliphatic rings. The van der Waals surface area contributed by atoms with Gasteiger partial charge in [0.2, 0.25) is 0 Å². The molecular weight excluding hydrogens is 220 g/mol. The predicted molar refractivity (Wildman–Crippen MR) is 66.2 cm³/mol. The zero-order valence-corrected chi connectivity index (χ0v) is 9.53. The fourth-order valence-corrected chi connectivity index (χ4v) is 2.64. The lowest BCUT2D eigenvalue weighted by Gasteiger charge is -1.88. The molecule has 3 aromatic rings. The van der Waals surface area contributed by atoms with E-state index in [-0.39, 0.29) is 0 Å². The molecule has 16 heavy (non-hydrogen) atoms. The van der Waals surface area contributed by atoms with Gasteiger partial charge in [-0.05, 0) is 12.1 Å². The third-order valence-electron chi connectivity index (χ3n) is 2.38. The van der Waals surface area contributed by atoms with Crippen molar-refractivity contribution >= 4 is 27.4 Å². The Morgan fingerprint density at radius 3 is 2.81 bits per heavy atom. The molecule has 4 nitrogen and oxygen atoms in total. The number of nitrogens with zero attached hydrogens (tertiary/aromatic N) is 3. The molecule has 5 heteroatoms. The van der Waals surface area contributed by atoms with Gasteiger partial charge in [-0.15, -0.1) is 11.3 Å². The summed E-state index contributed by atoms with van der Waals surface area (Å²) in [5, 5.41) is 5.04. The minimum Gasteiger partial charge on any atom is -0.382 e. The average Bonchev–Trinajstić information content (AvgIpc) is 2.81. The number of para-hydroxylation sites is 1. The van der Waals surface area contributed by atoms with Crippen LogP contribution in [0.15, 0.2) is 30.5 Å². The van der Waals surface area contributed by atoms with Crippen LogP contribution in [-0.4, -0.2) is 14.8 Å². The third-order valence-corrected chi connectivity index (χ3v) is 3.45. The van der Waals surface area contributed by atoms with Gasteiger partial charge in [-0.3, -0.25) is 4.68 Å². The number of anilines is 1. The maximum atomic E-state index is 5.83. The van der Waals surface area contributed by atoms with Crippen molar-refractivity contribution in [2.24, 2.45) is 7.05 Å². The number of aryl methyl sites for hydroxylation is 1. The Labute approximate surface area is 96.3 Å². The van der Waals surface area contributed by atoms with E-state index in [1.165, 1.54) is 4.70 Å². The van der Waals surface area contributed by atoms with Crippen LogP contribution in [-0.2, 0) is 7.05 Å². The zero-order chi connectivity index (χ0) is 11.1. The van der Waals surface area contributed by atoms with Crippen LogP contribution in [0.3, 0.4) is 0 Å². The number of thiazole rings is 1. The van der Waals surface area contributed by atoms with E-state index in [4.69, 9.17) is 5.73 Å². The smallest absolute Gasteiger partial charge is 0.155 e. The lowest BCUT2D eigenvalue weighted by Crippen LogP contribution is -1.90. The summed E-state index contributed by atoms with van der Waals surface area (Å²) in [5.74, 6) is 0.529. The Hall–Kier alpha value is -1.88. The van der Waals surface area contributed by atoms with Crippen LogP contribution in [0.25, 0.3) is 20.8 Å². The van der Waals surface area contributed by atoms with Gasteiger partial charge in [-0.2, -0.15) is 5.10 Å². The van der Waals surface area contributed by atoms with Crippen molar-refractivity contribution in [1.29, 1.82) is 0 Å². The summed E-state index contributed by atoms with van der Waals surface area (Å²) in [6, 6.07) is 8.06. The number of rotatable bonds is 1. The first kappa shape index (κ1) is 9.35. The Morgan fingerprint density at radius 1 is 1.31 bits per heavy atom. The molecule has 0 radical (unpaired) electrons. The molecule has 80 valence electrons. The lowest BCUT2D eigenvalue weighted by molar-refractivity contribution is 0.772. The number of aromatic nitrogens is 3. The molecule has 0 aliphatic carbocycles. The highest BCUT2D eigenvalue weighted by molar-refractivity contribution is 7.21. The first-order chi connectivity index (χ1) is 7.74. The topological polar surface area (TPSA) is 56.7 Å². The molecule has 0 spiro atoms. The van der Waals surface area contributed by atoms with E-state index in [1.54, 1.807) is 16.0 Å². The largest absolute Gasteiger partial charge is 0.382 e. The Kier molecular flexibility index (Phi) is 1.94. The SMILES string of the molecule is Cn1cc(-c2nc3ccccc3s2)c(N)n1. The summed E-state index contributed by atoms with van der Waals surface area (Å²) < 4.78 is 2.87. The molecule has 2 N–H and O–H groups in total. The normalized spacial score (nSPS) is 11.1. The zero-order valence-electron chi connectivity index (χ0n) is 8.71. The summed E-state index contributed by atoms with van der Waals surface area (Å²) >= 11 is 1.63. The molecule has 0 saturated heterocycles. The lowest BCUT2D eigenvalue weighted by atomic mass is 10.3. The fraction of sp³-hybridized carbons (Fsp3) is 0.0909. The molecule has 0 amide bonds. The standard InChI is InChI=1S/C11H10N4S/c1-15-6-7(10(12)14-15)11-13-8-4-2-3-5-9(8)16-11/h2-6H,1H3,(H2,12,14). The highest BCUT2D eigenvalue weighted by atomic mass is 32.1. The van der Waals surface area contributed by atoms with Gasteiger partial charge in [0.1, 0.15) is 5.01 Å². The van der Waals surface area contributed by atoms with Crippen molar-refractivity contribution in [3.05, 3.63) is 30.5 Å². The molecule has 0 aliphatic heterocycles. The summed E-state index contributed by atoms with van der Waals surface area (Å²) in [6.45, 7) is 0. The first-order valence-electron chi connectivity index (χ1n) is 4.89. The molecular formula is C11H10N4S. The number of fused-ring (bicyclic) bond motifs is 1. The summed E-state index contributed by atoms with van der Waals surface area (Å²) in [4.78, 5) is 4.54. The molecule has 3 rings (SSSR count). The second-order valence-electron chi connectivity index (χ2n) is 3.59. The molecule has 0 fully saturated rings.